The van der Waals surface area contributed by atoms with Crippen molar-refractivity contribution in [2.45, 2.75) is 6.42 Å². The SMILES string of the molecule is Nc1ccc(CC(=O)c2ccncc2F)cc1. The van der Waals surface area contributed by atoms with Gasteiger partial charge in [0.2, 0.25) is 0 Å². The van der Waals surface area contributed by atoms with Crippen LogP contribution in [0.2, 0.25) is 0 Å². The molecule has 0 unspecified atom stereocenters. The number of benzene rings is 1. The average molecular weight is 230 g/mol. The van der Waals surface area contributed by atoms with E-state index in [0.29, 0.717) is 5.69 Å². The van der Waals surface area contributed by atoms with Crippen molar-refractivity contribution in [3.8, 4) is 0 Å². The summed E-state index contributed by atoms with van der Waals surface area (Å²) in [5, 5.41) is 0. The molecule has 0 saturated heterocycles. The van der Waals surface area contributed by atoms with E-state index < -0.39 is 5.82 Å². The van der Waals surface area contributed by atoms with Gasteiger partial charge in [-0.3, -0.25) is 9.78 Å². The molecule has 0 fully saturated rings. The number of ketones is 1. The van der Waals surface area contributed by atoms with E-state index >= 15 is 0 Å². The fraction of sp³-hybridized carbons (Fsp3) is 0.0769. The van der Waals surface area contributed by atoms with E-state index in [2.05, 4.69) is 4.98 Å². The van der Waals surface area contributed by atoms with Crippen molar-refractivity contribution in [2.75, 3.05) is 5.73 Å². The zero-order valence-corrected chi connectivity index (χ0v) is 9.06. The van der Waals surface area contributed by atoms with E-state index in [4.69, 9.17) is 5.73 Å². The van der Waals surface area contributed by atoms with Crippen LogP contribution >= 0.6 is 0 Å². The number of hydrogen-bond donors (Lipinski definition) is 1. The molecule has 2 N–H and O–H groups in total. The average Bonchev–Trinajstić information content (AvgIpc) is 2.32. The number of pyridine rings is 1. The van der Waals surface area contributed by atoms with Crippen LogP contribution < -0.4 is 5.73 Å². The molecule has 0 aliphatic rings. The van der Waals surface area contributed by atoms with Gasteiger partial charge in [0.15, 0.2) is 11.6 Å². The lowest BCUT2D eigenvalue weighted by Crippen LogP contribution is -2.06. The Balaban J connectivity index is 2.17. The lowest BCUT2D eigenvalue weighted by atomic mass is 10.0. The first-order valence-corrected chi connectivity index (χ1v) is 5.14. The van der Waals surface area contributed by atoms with Crippen molar-refractivity contribution < 1.29 is 9.18 Å². The van der Waals surface area contributed by atoms with Crippen molar-refractivity contribution >= 4 is 11.5 Å². The van der Waals surface area contributed by atoms with Crippen LogP contribution in [-0.2, 0) is 6.42 Å². The van der Waals surface area contributed by atoms with Gasteiger partial charge in [-0.2, -0.15) is 0 Å². The monoisotopic (exact) mass is 230 g/mol. The number of carbonyl (C=O) groups excluding carboxylic acids is 1. The predicted octanol–water partition coefficient (Wildman–Crippen LogP) is 2.23. The number of carbonyl (C=O) groups is 1. The van der Waals surface area contributed by atoms with E-state index in [0.717, 1.165) is 11.8 Å². The summed E-state index contributed by atoms with van der Waals surface area (Å²) in [6, 6.07) is 8.32. The van der Waals surface area contributed by atoms with Crippen LogP contribution in [0, 0.1) is 5.82 Å². The van der Waals surface area contributed by atoms with Gasteiger partial charge in [0.1, 0.15) is 0 Å². The summed E-state index contributed by atoms with van der Waals surface area (Å²) in [5.74, 6) is -0.859. The van der Waals surface area contributed by atoms with Gasteiger partial charge in [0.25, 0.3) is 0 Å². The third-order valence-electron chi connectivity index (χ3n) is 2.42. The number of nitrogens with two attached hydrogens (primary N) is 1. The minimum absolute atomic E-state index is 0.0665. The van der Waals surface area contributed by atoms with Gasteiger partial charge in [-0.1, -0.05) is 12.1 Å². The third-order valence-corrected chi connectivity index (χ3v) is 2.42. The molecule has 1 aromatic carbocycles. The van der Waals surface area contributed by atoms with Crippen molar-refractivity contribution in [2.24, 2.45) is 0 Å². The second-order valence-corrected chi connectivity index (χ2v) is 3.70. The van der Waals surface area contributed by atoms with Gasteiger partial charge in [-0.05, 0) is 23.8 Å². The molecule has 1 aromatic heterocycles. The standard InChI is InChI=1S/C13H11FN2O/c14-12-8-16-6-5-11(12)13(17)7-9-1-3-10(15)4-2-9/h1-6,8H,7,15H2. The van der Waals surface area contributed by atoms with Crippen molar-refractivity contribution in [1.82, 2.24) is 4.98 Å². The van der Waals surface area contributed by atoms with E-state index in [1.54, 1.807) is 24.3 Å². The lowest BCUT2D eigenvalue weighted by Gasteiger charge is -2.02. The Bertz CT molecular complexity index is 537. The number of rotatable bonds is 3. The normalized spacial score (nSPS) is 10.2. The Morgan fingerprint density at radius 1 is 1.24 bits per heavy atom. The molecule has 4 heteroatoms. The molecule has 1 heterocycles. The van der Waals surface area contributed by atoms with Gasteiger partial charge >= 0.3 is 0 Å². The molecule has 0 atom stereocenters. The molecule has 0 amide bonds. The van der Waals surface area contributed by atoms with E-state index in [1.165, 1.54) is 12.3 Å². The minimum atomic E-state index is -0.590. The molecule has 0 aliphatic carbocycles. The summed E-state index contributed by atoms with van der Waals surface area (Å²) in [5.41, 5.74) is 7.05. The highest BCUT2D eigenvalue weighted by molar-refractivity contribution is 5.97. The second kappa shape index (κ2) is 4.74. The van der Waals surface area contributed by atoms with Gasteiger partial charge in [0.05, 0.1) is 11.8 Å². The highest BCUT2D eigenvalue weighted by Crippen LogP contribution is 2.11. The maximum atomic E-state index is 13.3. The summed E-state index contributed by atoms with van der Waals surface area (Å²) in [7, 11) is 0. The van der Waals surface area contributed by atoms with Crippen molar-refractivity contribution in [3.63, 3.8) is 0 Å². The van der Waals surface area contributed by atoms with Crippen molar-refractivity contribution in [3.05, 3.63) is 59.7 Å². The first kappa shape index (κ1) is 11.3. The molecule has 0 saturated carbocycles. The second-order valence-electron chi connectivity index (χ2n) is 3.70. The summed E-state index contributed by atoms with van der Waals surface area (Å²) in [6.07, 6.45) is 2.59. The fourth-order valence-electron chi connectivity index (χ4n) is 1.52. The Morgan fingerprint density at radius 3 is 2.59 bits per heavy atom. The summed E-state index contributed by atoms with van der Waals surface area (Å²) >= 11 is 0. The molecule has 0 aliphatic heterocycles. The van der Waals surface area contributed by atoms with Crippen LogP contribution in [0.25, 0.3) is 0 Å². The molecule has 2 aromatic rings. The number of anilines is 1. The van der Waals surface area contributed by atoms with E-state index in [1.807, 2.05) is 0 Å². The first-order valence-electron chi connectivity index (χ1n) is 5.14. The predicted molar refractivity (Wildman–Crippen MR) is 63.1 cm³/mol. The third kappa shape index (κ3) is 2.66. The molecular formula is C13H11FN2O. The van der Waals surface area contributed by atoms with Crippen LogP contribution in [-0.4, -0.2) is 10.8 Å². The molecule has 0 radical (unpaired) electrons. The fourth-order valence-corrected chi connectivity index (χ4v) is 1.52. The van der Waals surface area contributed by atoms with Gasteiger partial charge in [-0.15, -0.1) is 0 Å². The van der Waals surface area contributed by atoms with E-state index in [-0.39, 0.29) is 17.8 Å². The van der Waals surface area contributed by atoms with Crippen LogP contribution in [0.15, 0.2) is 42.7 Å². The molecule has 0 spiro atoms. The van der Waals surface area contributed by atoms with Gasteiger partial charge in [0, 0.05) is 18.3 Å². The van der Waals surface area contributed by atoms with E-state index in [9.17, 15) is 9.18 Å². The zero-order chi connectivity index (χ0) is 12.3. The van der Waals surface area contributed by atoms with Crippen LogP contribution in [0.4, 0.5) is 10.1 Å². The highest BCUT2D eigenvalue weighted by Gasteiger charge is 2.11. The van der Waals surface area contributed by atoms with Gasteiger partial charge < -0.3 is 5.73 Å². The number of Topliss-reactive ketones (excluding diaryl/α,β-unsaturated/α-hetero) is 1. The summed E-state index contributed by atoms with van der Waals surface area (Å²) in [4.78, 5) is 15.4. The van der Waals surface area contributed by atoms with Crippen LogP contribution in [0.3, 0.4) is 0 Å². The smallest absolute Gasteiger partial charge is 0.170 e. The quantitative estimate of drug-likeness (QED) is 0.649. The topological polar surface area (TPSA) is 56.0 Å². The Morgan fingerprint density at radius 2 is 1.94 bits per heavy atom. The van der Waals surface area contributed by atoms with Crippen LogP contribution in [0.5, 0.6) is 0 Å². The molecule has 2 rings (SSSR count). The largest absolute Gasteiger partial charge is 0.399 e. The Hall–Kier alpha value is -2.23. The lowest BCUT2D eigenvalue weighted by molar-refractivity contribution is 0.0989. The number of nitrogen functional groups attached to an aromatic ring is 1. The Labute approximate surface area is 98.1 Å². The Kier molecular flexibility index (Phi) is 3.14. The van der Waals surface area contributed by atoms with Gasteiger partial charge in [-0.25, -0.2) is 4.39 Å². The highest BCUT2D eigenvalue weighted by atomic mass is 19.1. The molecule has 17 heavy (non-hydrogen) atoms. The minimum Gasteiger partial charge on any atom is -0.399 e. The summed E-state index contributed by atoms with van der Waals surface area (Å²) in [6.45, 7) is 0. The van der Waals surface area contributed by atoms with Crippen molar-refractivity contribution in [1.29, 1.82) is 0 Å². The molecule has 3 nitrogen and oxygen atoms in total. The number of aromatic nitrogens is 1. The maximum absolute atomic E-state index is 13.3. The zero-order valence-electron chi connectivity index (χ0n) is 9.06. The molecule has 86 valence electrons. The number of nitrogens with zero attached hydrogens (tertiary/aromatic N) is 1. The first-order chi connectivity index (χ1) is 8.16. The summed E-state index contributed by atoms with van der Waals surface area (Å²) < 4.78 is 13.3. The molecule has 0 bridgehead atoms. The molecular weight excluding hydrogens is 219 g/mol. The van der Waals surface area contributed by atoms with Crippen LogP contribution in [0.1, 0.15) is 15.9 Å². The maximum Gasteiger partial charge on any atom is 0.170 e. The number of halogens is 1. The number of hydrogen-bond acceptors (Lipinski definition) is 3.